The van der Waals surface area contributed by atoms with E-state index >= 15 is 0 Å². The minimum Gasteiger partial charge on any atom is -0.477 e. The third kappa shape index (κ3) is 1.02. The van der Waals surface area contributed by atoms with E-state index in [4.69, 9.17) is 10.5 Å². The molecule has 3 heteroatoms. The zero-order chi connectivity index (χ0) is 10.5. The number of aryl methyl sites for hydroxylation is 1. The van der Waals surface area contributed by atoms with Gasteiger partial charge >= 0.3 is 0 Å². The number of hydrogen-bond acceptors (Lipinski definition) is 3. The van der Waals surface area contributed by atoms with E-state index in [2.05, 4.69) is 0 Å². The Morgan fingerprint density at radius 2 is 2.00 bits per heavy atom. The number of benzene rings is 1. The summed E-state index contributed by atoms with van der Waals surface area (Å²) >= 11 is 0. The maximum atomic E-state index is 11.9. The normalized spacial score (nSPS) is 17.8. The fourth-order valence-electron chi connectivity index (χ4n) is 1.69. The molecule has 14 heavy (non-hydrogen) atoms. The number of anilines is 1. The summed E-state index contributed by atoms with van der Waals surface area (Å²) in [5.41, 5.74) is 7.06. The van der Waals surface area contributed by atoms with Gasteiger partial charge in [-0.2, -0.15) is 0 Å². The van der Waals surface area contributed by atoms with Crippen molar-refractivity contribution in [3.8, 4) is 5.75 Å². The lowest BCUT2D eigenvalue weighted by molar-refractivity contribution is 0.0685. The quantitative estimate of drug-likeness (QED) is 0.637. The van der Waals surface area contributed by atoms with Crippen LogP contribution in [-0.4, -0.2) is 11.4 Å². The average molecular weight is 191 g/mol. The van der Waals surface area contributed by atoms with Gasteiger partial charge in [0.1, 0.15) is 0 Å². The van der Waals surface area contributed by atoms with E-state index in [1.165, 1.54) is 0 Å². The first-order chi connectivity index (χ1) is 6.43. The molecule has 0 amide bonds. The van der Waals surface area contributed by atoms with Gasteiger partial charge in [-0.3, -0.25) is 4.79 Å². The summed E-state index contributed by atoms with van der Waals surface area (Å²) in [7, 11) is 0. The Morgan fingerprint density at radius 1 is 1.36 bits per heavy atom. The lowest BCUT2D eigenvalue weighted by Gasteiger charge is -2.15. The molecular weight excluding hydrogens is 178 g/mol. The minimum absolute atomic E-state index is 0.0114. The number of fused-ring (bicyclic) bond motifs is 1. The maximum absolute atomic E-state index is 11.9. The number of carbonyl (C=O) groups excluding carboxylic acids is 1. The molecule has 0 unspecified atom stereocenters. The summed E-state index contributed by atoms with van der Waals surface area (Å²) in [5.74, 6) is 0.553. The lowest BCUT2D eigenvalue weighted by Crippen LogP contribution is -2.32. The number of ketones is 1. The van der Waals surface area contributed by atoms with Crippen molar-refractivity contribution in [2.24, 2.45) is 0 Å². The van der Waals surface area contributed by atoms with Crippen molar-refractivity contribution in [1.82, 2.24) is 0 Å². The lowest BCUT2D eigenvalue weighted by atomic mass is 9.96. The van der Waals surface area contributed by atoms with Crippen molar-refractivity contribution in [3.63, 3.8) is 0 Å². The molecule has 0 aliphatic carbocycles. The second kappa shape index (κ2) is 2.50. The molecule has 3 nitrogen and oxygen atoms in total. The molecule has 0 bridgehead atoms. The summed E-state index contributed by atoms with van der Waals surface area (Å²) in [6, 6.07) is 3.61. The number of carbonyl (C=O) groups is 1. The second-order valence-electron chi connectivity index (χ2n) is 4.12. The Morgan fingerprint density at radius 3 is 2.57 bits per heavy atom. The molecule has 0 radical (unpaired) electrons. The molecule has 0 atom stereocenters. The van der Waals surface area contributed by atoms with Crippen LogP contribution >= 0.6 is 0 Å². The zero-order valence-electron chi connectivity index (χ0n) is 8.55. The fraction of sp³-hybridized carbons (Fsp3) is 0.364. The van der Waals surface area contributed by atoms with E-state index in [9.17, 15) is 4.79 Å². The molecule has 2 rings (SSSR count). The highest BCUT2D eigenvalue weighted by molar-refractivity contribution is 6.09. The van der Waals surface area contributed by atoms with Crippen LogP contribution in [-0.2, 0) is 0 Å². The summed E-state index contributed by atoms with van der Waals surface area (Å²) in [6.45, 7) is 5.41. The van der Waals surface area contributed by atoms with Gasteiger partial charge in [0.2, 0.25) is 5.78 Å². The van der Waals surface area contributed by atoms with Gasteiger partial charge in [0, 0.05) is 0 Å². The van der Waals surface area contributed by atoms with Gasteiger partial charge in [0.25, 0.3) is 0 Å². The summed E-state index contributed by atoms with van der Waals surface area (Å²) in [4.78, 5) is 11.9. The van der Waals surface area contributed by atoms with E-state index in [1.54, 1.807) is 19.9 Å². The molecule has 0 spiro atoms. The minimum atomic E-state index is -0.775. The van der Waals surface area contributed by atoms with Gasteiger partial charge in [0.05, 0.1) is 11.3 Å². The van der Waals surface area contributed by atoms with Crippen LogP contribution in [0.2, 0.25) is 0 Å². The molecule has 1 aliphatic rings. The van der Waals surface area contributed by atoms with Gasteiger partial charge in [-0.1, -0.05) is 6.07 Å². The molecule has 0 aromatic heterocycles. The van der Waals surface area contributed by atoms with Crippen LogP contribution in [0.15, 0.2) is 12.1 Å². The first-order valence-electron chi connectivity index (χ1n) is 4.56. The number of hydrogen-bond donors (Lipinski definition) is 1. The molecule has 1 aromatic rings. The molecule has 1 aromatic carbocycles. The van der Waals surface area contributed by atoms with Crippen molar-refractivity contribution in [3.05, 3.63) is 23.3 Å². The van der Waals surface area contributed by atoms with Crippen LogP contribution in [0, 0.1) is 6.92 Å². The van der Waals surface area contributed by atoms with E-state index in [0.29, 0.717) is 17.0 Å². The molecule has 2 N–H and O–H groups in total. The van der Waals surface area contributed by atoms with Crippen LogP contribution in [0.3, 0.4) is 0 Å². The van der Waals surface area contributed by atoms with Crippen molar-refractivity contribution in [2.75, 3.05) is 5.73 Å². The van der Waals surface area contributed by atoms with Gasteiger partial charge in [0.15, 0.2) is 11.4 Å². The molecule has 0 fully saturated rings. The standard InChI is InChI=1S/C11H13NO2/c1-6-4-5-7(12)9-8(6)10(13)11(2,3)14-9/h4-5H,12H2,1-3H3. The predicted molar refractivity (Wildman–Crippen MR) is 54.6 cm³/mol. The maximum Gasteiger partial charge on any atom is 0.209 e. The third-order valence-electron chi connectivity index (χ3n) is 2.53. The SMILES string of the molecule is Cc1ccc(N)c2c1C(=O)C(C)(C)O2. The highest BCUT2D eigenvalue weighted by Gasteiger charge is 2.41. The second-order valence-corrected chi connectivity index (χ2v) is 4.12. The highest BCUT2D eigenvalue weighted by atomic mass is 16.5. The topological polar surface area (TPSA) is 52.3 Å². The van der Waals surface area contributed by atoms with E-state index in [0.717, 1.165) is 5.56 Å². The van der Waals surface area contributed by atoms with Crippen LogP contribution in [0.1, 0.15) is 29.8 Å². The monoisotopic (exact) mass is 191 g/mol. The smallest absolute Gasteiger partial charge is 0.209 e. The molecular formula is C11H13NO2. The summed E-state index contributed by atoms with van der Waals surface area (Å²) < 4.78 is 5.54. The Bertz CT molecular complexity index is 422. The Labute approximate surface area is 82.9 Å². The van der Waals surface area contributed by atoms with Gasteiger partial charge < -0.3 is 10.5 Å². The van der Waals surface area contributed by atoms with Crippen molar-refractivity contribution in [2.45, 2.75) is 26.4 Å². The highest BCUT2D eigenvalue weighted by Crippen LogP contribution is 2.40. The van der Waals surface area contributed by atoms with Crippen LogP contribution in [0.25, 0.3) is 0 Å². The van der Waals surface area contributed by atoms with Gasteiger partial charge in [-0.25, -0.2) is 0 Å². The van der Waals surface area contributed by atoms with Gasteiger partial charge in [-0.15, -0.1) is 0 Å². The molecule has 74 valence electrons. The predicted octanol–water partition coefficient (Wildman–Crippen LogP) is 1.93. The van der Waals surface area contributed by atoms with E-state index in [1.807, 2.05) is 13.0 Å². The number of rotatable bonds is 0. The summed E-state index contributed by atoms with van der Waals surface area (Å²) in [6.07, 6.45) is 0. The zero-order valence-corrected chi connectivity index (χ0v) is 8.55. The Hall–Kier alpha value is -1.51. The van der Waals surface area contributed by atoms with Crippen molar-refractivity contribution in [1.29, 1.82) is 0 Å². The van der Waals surface area contributed by atoms with Crippen LogP contribution in [0.4, 0.5) is 5.69 Å². The molecule has 0 saturated carbocycles. The van der Waals surface area contributed by atoms with E-state index in [-0.39, 0.29) is 5.78 Å². The first-order valence-corrected chi connectivity index (χ1v) is 4.56. The van der Waals surface area contributed by atoms with Crippen molar-refractivity contribution < 1.29 is 9.53 Å². The van der Waals surface area contributed by atoms with E-state index < -0.39 is 5.60 Å². The third-order valence-corrected chi connectivity index (χ3v) is 2.53. The van der Waals surface area contributed by atoms with Crippen LogP contribution < -0.4 is 10.5 Å². The number of nitrogen functional groups attached to an aromatic ring is 1. The Balaban J connectivity index is 2.70. The summed E-state index contributed by atoms with van der Waals surface area (Å²) in [5, 5.41) is 0. The van der Waals surface area contributed by atoms with Gasteiger partial charge in [-0.05, 0) is 32.4 Å². The molecule has 1 aliphatic heterocycles. The fourth-order valence-corrected chi connectivity index (χ4v) is 1.69. The Kier molecular flexibility index (Phi) is 1.62. The number of Topliss-reactive ketones (excluding diaryl/α,β-unsaturated/α-hetero) is 1. The number of ether oxygens (including phenoxy) is 1. The molecule has 0 saturated heterocycles. The van der Waals surface area contributed by atoms with Crippen molar-refractivity contribution >= 4 is 11.5 Å². The van der Waals surface area contributed by atoms with Crippen LogP contribution in [0.5, 0.6) is 5.75 Å². The number of nitrogens with two attached hydrogens (primary N) is 1. The first kappa shape index (κ1) is 9.06. The molecule has 1 heterocycles. The average Bonchev–Trinajstić information content (AvgIpc) is 2.33. The largest absolute Gasteiger partial charge is 0.477 e.